The molecule has 3 aromatic rings. The van der Waals surface area contributed by atoms with Gasteiger partial charge in [-0.2, -0.15) is 5.10 Å². The molecule has 0 aliphatic carbocycles. The van der Waals surface area contributed by atoms with E-state index >= 15 is 0 Å². The second kappa shape index (κ2) is 7.22. The Bertz CT molecular complexity index is 1160. The van der Waals surface area contributed by atoms with E-state index in [2.05, 4.69) is 14.5 Å². The maximum Gasteiger partial charge on any atom is 0.263 e. The Kier molecular flexibility index (Phi) is 5.13. The number of sulfonamides is 2. The first-order valence-electron chi connectivity index (χ1n) is 7.57. The number of aromatic nitrogens is 2. The minimum Gasteiger partial charge on any atom is -0.280 e. The highest BCUT2D eigenvalue weighted by Gasteiger charge is 2.17. The molecule has 2 aromatic carbocycles. The van der Waals surface area contributed by atoms with Crippen molar-refractivity contribution in [2.45, 2.75) is 9.79 Å². The summed E-state index contributed by atoms with van der Waals surface area (Å²) in [5.74, 6) is 0.185. The van der Waals surface area contributed by atoms with Crippen LogP contribution in [0.25, 0.3) is 0 Å². The number of nitrogens with zero attached hydrogens (tertiary/aromatic N) is 2. The van der Waals surface area contributed by atoms with Crippen molar-refractivity contribution in [3.8, 4) is 0 Å². The highest BCUT2D eigenvalue weighted by atomic mass is 35.5. The summed E-state index contributed by atoms with van der Waals surface area (Å²) in [6, 6.07) is 12.5. The molecular formula is C16H15ClN4O4S2. The fourth-order valence-electron chi connectivity index (χ4n) is 2.20. The SMILES string of the molecule is Cn1ccc(NS(=O)(=O)c2ccc(NS(=O)(=O)c3ccc(Cl)cc3)cc2)n1. The summed E-state index contributed by atoms with van der Waals surface area (Å²) in [7, 11) is -5.98. The molecule has 2 N–H and O–H groups in total. The second-order valence-electron chi connectivity index (χ2n) is 5.56. The van der Waals surface area contributed by atoms with Crippen LogP contribution in [0.5, 0.6) is 0 Å². The minimum absolute atomic E-state index is 0.0254. The third kappa shape index (κ3) is 4.59. The quantitative estimate of drug-likeness (QED) is 0.629. The van der Waals surface area contributed by atoms with Gasteiger partial charge < -0.3 is 0 Å². The van der Waals surface area contributed by atoms with Crippen LogP contribution in [-0.4, -0.2) is 26.6 Å². The highest BCUT2D eigenvalue weighted by molar-refractivity contribution is 7.93. The van der Waals surface area contributed by atoms with E-state index in [0.717, 1.165) is 0 Å². The van der Waals surface area contributed by atoms with Gasteiger partial charge in [0.15, 0.2) is 5.82 Å². The third-order valence-corrected chi connectivity index (χ3v) is 6.51. The summed E-state index contributed by atoms with van der Waals surface area (Å²) < 4.78 is 55.6. The predicted molar refractivity (Wildman–Crippen MR) is 103 cm³/mol. The average Bonchev–Trinajstić information content (AvgIpc) is 2.99. The fourth-order valence-corrected chi connectivity index (χ4v) is 4.38. The molecule has 3 rings (SSSR count). The van der Waals surface area contributed by atoms with E-state index in [9.17, 15) is 16.8 Å². The summed E-state index contributed by atoms with van der Waals surface area (Å²) in [4.78, 5) is 0.0167. The Hall–Kier alpha value is -2.56. The molecule has 0 atom stereocenters. The number of nitrogens with one attached hydrogen (secondary N) is 2. The van der Waals surface area contributed by atoms with Gasteiger partial charge in [-0.15, -0.1) is 0 Å². The Balaban J connectivity index is 1.77. The number of hydrogen-bond donors (Lipinski definition) is 2. The molecule has 0 aliphatic rings. The molecule has 0 saturated heterocycles. The van der Waals surface area contributed by atoms with E-state index in [1.54, 1.807) is 13.2 Å². The third-order valence-electron chi connectivity index (χ3n) is 3.49. The van der Waals surface area contributed by atoms with E-state index in [4.69, 9.17) is 11.6 Å². The van der Waals surface area contributed by atoms with Crippen molar-refractivity contribution in [3.63, 3.8) is 0 Å². The largest absolute Gasteiger partial charge is 0.280 e. The summed E-state index contributed by atoms with van der Waals surface area (Å²) in [6.07, 6.45) is 1.60. The number of halogens is 1. The number of anilines is 2. The fraction of sp³-hybridized carbons (Fsp3) is 0.0625. The zero-order chi connectivity index (χ0) is 19.7. The minimum atomic E-state index is -3.84. The molecule has 0 radical (unpaired) electrons. The van der Waals surface area contributed by atoms with E-state index < -0.39 is 20.0 Å². The molecule has 11 heteroatoms. The monoisotopic (exact) mass is 426 g/mol. The molecule has 0 unspecified atom stereocenters. The number of rotatable bonds is 6. The number of aryl methyl sites for hydroxylation is 1. The van der Waals surface area contributed by atoms with Crippen LogP contribution >= 0.6 is 11.6 Å². The van der Waals surface area contributed by atoms with Crippen molar-refractivity contribution in [2.75, 3.05) is 9.44 Å². The summed E-state index contributed by atoms with van der Waals surface area (Å²) in [6.45, 7) is 0. The predicted octanol–water partition coefficient (Wildman–Crippen LogP) is 2.68. The molecule has 142 valence electrons. The lowest BCUT2D eigenvalue weighted by atomic mass is 10.3. The average molecular weight is 427 g/mol. The smallest absolute Gasteiger partial charge is 0.263 e. The summed E-state index contributed by atoms with van der Waals surface area (Å²) in [5, 5.41) is 4.37. The number of hydrogen-bond acceptors (Lipinski definition) is 5. The van der Waals surface area contributed by atoms with Gasteiger partial charge in [0.25, 0.3) is 20.0 Å². The van der Waals surface area contributed by atoms with E-state index in [1.807, 2.05) is 0 Å². The highest BCUT2D eigenvalue weighted by Crippen LogP contribution is 2.21. The Morgan fingerprint density at radius 2 is 1.33 bits per heavy atom. The normalized spacial score (nSPS) is 11.9. The molecule has 27 heavy (non-hydrogen) atoms. The molecule has 1 aromatic heterocycles. The lowest BCUT2D eigenvalue weighted by Gasteiger charge is -2.10. The van der Waals surface area contributed by atoms with Gasteiger partial charge in [0, 0.05) is 30.0 Å². The first-order valence-corrected chi connectivity index (χ1v) is 10.9. The molecule has 0 aliphatic heterocycles. The van der Waals surface area contributed by atoms with Crippen LogP contribution in [0.1, 0.15) is 0 Å². The van der Waals surface area contributed by atoms with Crippen molar-refractivity contribution < 1.29 is 16.8 Å². The van der Waals surface area contributed by atoms with E-state index in [-0.39, 0.29) is 21.3 Å². The summed E-state index contributed by atoms with van der Waals surface area (Å²) >= 11 is 5.76. The first kappa shape index (κ1) is 19.2. The Morgan fingerprint density at radius 1 is 0.815 bits per heavy atom. The van der Waals surface area contributed by atoms with Crippen LogP contribution in [0.15, 0.2) is 70.6 Å². The van der Waals surface area contributed by atoms with Crippen molar-refractivity contribution in [1.82, 2.24) is 9.78 Å². The van der Waals surface area contributed by atoms with Crippen LogP contribution in [0.3, 0.4) is 0 Å². The zero-order valence-corrected chi connectivity index (χ0v) is 16.4. The van der Waals surface area contributed by atoms with Gasteiger partial charge in [-0.05, 0) is 48.5 Å². The van der Waals surface area contributed by atoms with Gasteiger partial charge in [0.1, 0.15) is 0 Å². The van der Waals surface area contributed by atoms with Crippen molar-refractivity contribution in [3.05, 3.63) is 65.8 Å². The van der Waals surface area contributed by atoms with Crippen LogP contribution < -0.4 is 9.44 Å². The topological polar surface area (TPSA) is 110 Å². The van der Waals surface area contributed by atoms with Crippen LogP contribution in [-0.2, 0) is 27.1 Å². The molecule has 1 heterocycles. The van der Waals surface area contributed by atoms with Crippen molar-refractivity contribution in [2.24, 2.45) is 7.05 Å². The van der Waals surface area contributed by atoms with Crippen LogP contribution in [0, 0.1) is 0 Å². The van der Waals surface area contributed by atoms with E-state index in [1.165, 1.54) is 59.3 Å². The molecule has 0 spiro atoms. The molecule has 0 amide bonds. The van der Waals surface area contributed by atoms with Gasteiger partial charge >= 0.3 is 0 Å². The van der Waals surface area contributed by atoms with Gasteiger partial charge in [0.2, 0.25) is 0 Å². The molecule has 8 nitrogen and oxygen atoms in total. The lowest BCUT2D eigenvalue weighted by molar-refractivity contribution is 0.600. The molecule has 0 bridgehead atoms. The maximum atomic E-state index is 12.3. The first-order chi connectivity index (χ1) is 12.7. The Labute approximate surface area is 161 Å². The van der Waals surface area contributed by atoms with Gasteiger partial charge in [-0.25, -0.2) is 16.8 Å². The molecular weight excluding hydrogens is 412 g/mol. The van der Waals surface area contributed by atoms with Gasteiger partial charge in [-0.3, -0.25) is 14.1 Å². The van der Waals surface area contributed by atoms with E-state index in [0.29, 0.717) is 5.02 Å². The van der Waals surface area contributed by atoms with Crippen molar-refractivity contribution >= 4 is 43.2 Å². The molecule has 0 fully saturated rings. The second-order valence-corrected chi connectivity index (χ2v) is 9.37. The zero-order valence-electron chi connectivity index (χ0n) is 14.0. The number of benzene rings is 2. The Morgan fingerprint density at radius 3 is 1.85 bits per heavy atom. The van der Waals surface area contributed by atoms with Gasteiger partial charge in [-0.1, -0.05) is 11.6 Å². The molecule has 0 saturated carbocycles. The summed E-state index contributed by atoms with van der Waals surface area (Å²) in [5.41, 5.74) is 0.224. The maximum absolute atomic E-state index is 12.3. The standard InChI is InChI=1S/C16H15ClN4O4S2/c1-21-11-10-16(18-21)20-27(24,25)15-8-4-13(5-9-15)19-26(22,23)14-6-2-12(17)3-7-14/h2-11,19H,1H3,(H,18,20). The van der Waals surface area contributed by atoms with Crippen molar-refractivity contribution in [1.29, 1.82) is 0 Å². The van der Waals surface area contributed by atoms with Gasteiger partial charge in [0.05, 0.1) is 9.79 Å². The van der Waals surface area contributed by atoms with Crippen LogP contribution in [0.4, 0.5) is 11.5 Å². The lowest BCUT2D eigenvalue weighted by Crippen LogP contribution is -2.15. The van der Waals surface area contributed by atoms with Crippen LogP contribution in [0.2, 0.25) is 5.02 Å².